The maximum Gasteiger partial charge on any atom is 0.228 e. The minimum atomic E-state index is -0.175. The van der Waals surface area contributed by atoms with Gasteiger partial charge in [-0.3, -0.25) is 14.5 Å². The van der Waals surface area contributed by atoms with Gasteiger partial charge >= 0.3 is 0 Å². The molecule has 0 bridgehead atoms. The number of hydrogen-bond acceptors (Lipinski definition) is 4. The van der Waals surface area contributed by atoms with Gasteiger partial charge in [0.1, 0.15) is 0 Å². The molecule has 0 spiro atoms. The van der Waals surface area contributed by atoms with Gasteiger partial charge < -0.3 is 14.5 Å². The molecule has 0 N–H and O–H groups in total. The van der Waals surface area contributed by atoms with Crippen LogP contribution < -0.4 is 0 Å². The van der Waals surface area contributed by atoms with Crippen molar-refractivity contribution < 1.29 is 14.3 Å². The highest BCUT2D eigenvalue weighted by atomic mass is 16.5. The van der Waals surface area contributed by atoms with Crippen molar-refractivity contribution in [1.29, 1.82) is 0 Å². The largest absolute Gasteiger partial charge is 0.385 e. The zero-order chi connectivity index (χ0) is 18.4. The summed E-state index contributed by atoms with van der Waals surface area (Å²) in [5, 5.41) is 0. The zero-order valence-corrected chi connectivity index (χ0v) is 15.6. The Morgan fingerprint density at radius 1 is 1.15 bits per heavy atom. The molecule has 3 rings (SSSR count). The standard InChI is InChI=1S/C20H29N3O3/c1-26-13-5-8-23-16-18(14-19(23)24)20(25)22-11-9-21(10-12-22)15-17-6-3-2-4-7-17/h2-4,6-7,18H,5,8-16H2,1H3. The van der Waals surface area contributed by atoms with Gasteiger partial charge in [0, 0.05) is 66.0 Å². The minimum absolute atomic E-state index is 0.0992. The molecule has 1 atom stereocenters. The highest BCUT2D eigenvalue weighted by Gasteiger charge is 2.36. The third-order valence-corrected chi connectivity index (χ3v) is 5.27. The van der Waals surface area contributed by atoms with E-state index >= 15 is 0 Å². The predicted octanol–water partition coefficient (Wildman–Crippen LogP) is 1.22. The van der Waals surface area contributed by atoms with Crippen LogP contribution in [-0.2, 0) is 20.9 Å². The minimum Gasteiger partial charge on any atom is -0.385 e. The summed E-state index contributed by atoms with van der Waals surface area (Å²) >= 11 is 0. The average molecular weight is 359 g/mol. The van der Waals surface area contributed by atoms with Gasteiger partial charge in [-0.15, -0.1) is 0 Å². The number of ether oxygens (including phenoxy) is 1. The fourth-order valence-corrected chi connectivity index (χ4v) is 3.78. The van der Waals surface area contributed by atoms with Crippen LogP contribution in [0.25, 0.3) is 0 Å². The summed E-state index contributed by atoms with van der Waals surface area (Å²) < 4.78 is 5.04. The van der Waals surface area contributed by atoms with Gasteiger partial charge in [0.2, 0.25) is 11.8 Å². The van der Waals surface area contributed by atoms with Crippen molar-refractivity contribution in [2.24, 2.45) is 5.92 Å². The number of amides is 2. The van der Waals surface area contributed by atoms with E-state index in [0.29, 0.717) is 26.1 Å². The van der Waals surface area contributed by atoms with E-state index in [9.17, 15) is 9.59 Å². The topological polar surface area (TPSA) is 53.1 Å². The first-order chi connectivity index (χ1) is 12.7. The van der Waals surface area contributed by atoms with Crippen LogP contribution in [0.15, 0.2) is 30.3 Å². The Morgan fingerprint density at radius 3 is 2.58 bits per heavy atom. The van der Waals surface area contributed by atoms with Crippen LogP contribution >= 0.6 is 0 Å². The summed E-state index contributed by atoms with van der Waals surface area (Å²) in [6.45, 7) is 6.09. The molecule has 2 fully saturated rings. The number of methoxy groups -OCH3 is 1. The summed E-state index contributed by atoms with van der Waals surface area (Å²) in [5.41, 5.74) is 1.31. The van der Waals surface area contributed by atoms with Crippen LogP contribution in [0.5, 0.6) is 0 Å². The molecule has 2 heterocycles. The first kappa shape index (κ1) is 18.9. The second kappa shape index (κ2) is 9.14. The van der Waals surface area contributed by atoms with Gasteiger partial charge in [0.25, 0.3) is 0 Å². The smallest absolute Gasteiger partial charge is 0.228 e. The molecular formula is C20H29N3O3. The first-order valence-electron chi connectivity index (χ1n) is 9.49. The first-order valence-corrected chi connectivity index (χ1v) is 9.49. The SMILES string of the molecule is COCCCN1CC(C(=O)N2CCN(Cc3ccccc3)CC2)CC1=O. The van der Waals surface area contributed by atoms with Gasteiger partial charge in [-0.05, 0) is 12.0 Å². The Labute approximate surface area is 155 Å². The third-order valence-electron chi connectivity index (χ3n) is 5.27. The number of nitrogens with zero attached hydrogens (tertiary/aromatic N) is 3. The summed E-state index contributed by atoms with van der Waals surface area (Å²) in [5.74, 6) is 0.0693. The Bertz CT molecular complexity index is 600. The Hall–Kier alpha value is -1.92. The monoisotopic (exact) mass is 359 g/mol. The van der Waals surface area contributed by atoms with Crippen LogP contribution in [0.2, 0.25) is 0 Å². The molecular weight excluding hydrogens is 330 g/mol. The molecule has 1 aromatic carbocycles. The number of carbonyl (C=O) groups excluding carboxylic acids is 2. The van der Waals surface area contributed by atoms with Gasteiger partial charge in [-0.1, -0.05) is 30.3 Å². The molecule has 6 nitrogen and oxygen atoms in total. The fraction of sp³-hybridized carbons (Fsp3) is 0.600. The van der Waals surface area contributed by atoms with E-state index < -0.39 is 0 Å². The normalized spacial score (nSPS) is 21.4. The Kier molecular flexibility index (Phi) is 6.63. The van der Waals surface area contributed by atoms with Crippen LogP contribution in [0, 0.1) is 5.92 Å². The molecule has 1 aromatic rings. The van der Waals surface area contributed by atoms with Crippen LogP contribution in [0.1, 0.15) is 18.4 Å². The van der Waals surface area contributed by atoms with Crippen molar-refractivity contribution in [1.82, 2.24) is 14.7 Å². The second-order valence-electron chi connectivity index (χ2n) is 7.17. The van der Waals surface area contributed by atoms with Crippen LogP contribution in [-0.4, -0.2) is 79.5 Å². The molecule has 6 heteroatoms. The van der Waals surface area contributed by atoms with Gasteiger partial charge in [0.15, 0.2) is 0 Å². The number of hydrogen-bond donors (Lipinski definition) is 0. The molecule has 0 aromatic heterocycles. The molecule has 142 valence electrons. The third kappa shape index (κ3) is 4.83. The lowest BCUT2D eigenvalue weighted by Crippen LogP contribution is -2.50. The van der Waals surface area contributed by atoms with Gasteiger partial charge in [-0.2, -0.15) is 0 Å². The second-order valence-corrected chi connectivity index (χ2v) is 7.17. The van der Waals surface area contributed by atoms with Crippen molar-refractivity contribution in [3.8, 4) is 0 Å². The van der Waals surface area contributed by atoms with E-state index in [0.717, 1.165) is 39.1 Å². The zero-order valence-electron chi connectivity index (χ0n) is 15.6. The molecule has 2 aliphatic rings. The molecule has 2 aliphatic heterocycles. The quantitative estimate of drug-likeness (QED) is 0.687. The van der Waals surface area contributed by atoms with Gasteiger partial charge in [0.05, 0.1) is 5.92 Å². The number of rotatable bonds is 7. The number of likely N-dealkylation sites (tertiary alicyclic amines) is 1. The van der Waals surface area contributed by atoms with Gasteiger partial charge in [-0.25, -0.2) is 0 Å². The highest BCUT2D eigenvalue weighted by molar-refractivity contribution is 5.89. The summed E-state index contributed by atoms with van der Waals surface area (Å²) in [6.07, 6.45) is 1.18. The van der Waals surface area contributed by atoms with E-state index in [1.165, 1.54) is 5.56 Å². The molecule has 2 saturated heterocycles. The van der Waals surface area contributed by atoms with Crippen LogP contribution in [0.3, 0.4) is 0 Å². The maximum atomic E-state index is 12.8. The van der Waals surface area contributed by atoms with Crippen molar-refractivity contribution in [3.05, 3.63) is 35.9 Å². The highest BCUT2D eigenvalue weighted by Crippen LogP contribution is 2.21. The molecule has 0 radical (unpaired) electrons. The lowest BCUT2D eigenvalue weighted by Gasteiger charge is -2.36. The van der Waals surface area contributed by atoms with E-state index in [-0.39, 0.29) is 17.7 Å². The summed E-state index contributed by atoms with van der Waals surface area (Å²) in [6, 6.07) is 10.4. The summed E-state index contributed by atoms with van der Waals surface area (Å²) in [7, 11) is 1.66. The maximum absolute atomic E-state index is 12.8. The Balaban J connectivity index is 1.44. The molecule has 0 saturated carbocycles. The molecule has 1 unspecified atom stereocenters. The average Bonchev–Trinajstić information content (AvgIpc) is 3.04. The molecule has 2 amide bonds. The van der Waals surface area contributed by atoms with Crippen molar-refractivity contribution >= 4 is 11.8 Å². The predicted molar refractivity (Wildman–Crippen MR) is 99.5 cm³/mol. The van der Waals surface area contributed by atoms with Crippen LogP contribution in [0.4, 0.5) is 0 Å². The molecule has 0 aliphatic carbocycles. The lowest BCUT2D eigenvalue weighted by molar-refractivity contribution is -0.137. The van der Waals surface area contributed by atoms with E-state index in [2.05, 4.69) is 29.2 Å². The van der Waals surface area contributed by atoms with E-state index in [4.69, 9.17) is 4.74 Å². The van der Waals surface area contributed by atoms with Crippen molar-refractivity contribution in [2.45, 2.75) is 19.4 Å². The number of piperazine rings is 1. The lowest BCUT2D eigenvalue weighted by atomic mass is 10.1. The van der Waals surface area contributed by atoms with Crippen molar-refractivity contribution in [2.75, 3.05) is 53.0 Å². The van der Waals surface area contributed by atoms with E-state index in [1.54, 1.807) is 7.11 Å². The number of carbonyl (C=O) groups is 2. The molecule has 26 heavy (non-hydrogen) atoms. The number of benzene rings is 1. The summed E-state index contributed by atoms with van der Waals surface area (Å²) in [4.78, 5) is 31.1. The van der Waals surface area contributed by atoms with Crippen molar-refractivity contribution in [3.63, 3.8) is 0 Å². The fourth-order valence-electron chi connectivity index (χ4n) is 3.78. The van der Waals surface area contributed by atoms with E-state index in [1.807, 2.05) is 15.9 Å². The Morgan fingerprint density at radius 2 is 1.88 bits per heavy atom.